The Morgan fingerprint density at radius 1 is 0.875 bits per heavy atom. The molecule has 0 spiro atoms. The molecule has 2 aromatic carbocycles. The molecule has 0 aliphatic heterocycles. The number of pyridine rings is 1. The quantitative estimate of drug-likeness (QED) is 0.530. The zero-order valence-corrected chi connectivity index (χ0v) is 18.2. The number of methoxy groups -OCH3 is 2. The van der Waals surface area contributed by atoms with E-state index in [-0.39, 0.29) is 17.5 Å². The number of ether oxygens (including phenoxy) is 3. The Labute approximate surface area is 186 Å². The molecule has 0 radical (unpaired) electrons. The van der Waals surface area contributed by atoms with Crippen LogP contribution >= 0.6 is 0 Å². The number of aromatic nitrogens is 1. The molecule has 32 heavy (non-hydrogen) atoms. The van der Waals surface area contributed by atoms with E-state index in [1.807, 2.05) is 24.3 Å². The highest BCUT2D eigenvalue weighted by Crippen LogP contribution is 2.26. The van der Waals surface area contributed by atoms with E-state index in [1.54, 1.807) is 51.6 Å². The number of rotatable bonds is 9. The summed E-state index contributed by atoms with van der Waals surface area (Å²) in [6.45, 7) is 0. The summed E-state index contributed by atoms with van der Waals surface area (Å²) < 4.78 is 16.2. The zero-order valence-electron chi connectivity index (χ0n) is 18.2. The van der Waals surface area contributed by atoms with E-state index in [2.05, 4.69) is 15.6 Å². The van der Waals surface area contributed by atoms with Crippen molar-refractivity contribution in [2.45, 2.75) is 12.8 Å². The summed E-state index contributed by atoms with van der Waals surface area (Å²) in [6.07, 6.45) is 2.41. The first-order valence-corrected chi connectivity index (χ1v) is 9.98. The van der Waals surface area contributed by atoms with Crippen LogP contribution in [-0.2, 0) is 11.2 Å². The molecule has 2 N–H and O–H groups in total. The van der Waals surface area contributed by atoms with Crippen LogP contribution in [0.4, 0.5) is 5.69 Å². The number of aryl methyl sites for hydroxylation is 1. The minimum absolute atomic E-state index is 0.112. The Morgan fingerprint density at radius 3 is 2.19 bits per heavy atom. The summed E-state index contributed by atoms with van der Waals surface area (Å²) in [7, 11) is 4.66. The second-order valence-electron chi connectivity index (χ2n) is 6.85. The average molecular weight is 435 g/mol. The van der Waals surface area contributed by atoms with Gasteiger partial charge in [0, 0.05) is 49.6 Å². The van der Waals surface area contributed by atoms with E-state index in [0.29, 0.717) is 41.5 Å². The van der Waals surface area contributed by atoms with Crippen molar-refractivity contribution >= 4 is 17.5 Å². The van der Waals surface area contributed by atoms with Crippen molar-refractivity contribution in [1.29, 1.82) is 0 Å². The smallest absolute Gasteiger partial charge is 0.269 e. The van der Waals surface area contributed by atoms with Crippen molar-refractivity contribution in [3.05, 3.63) is 72.1 Å². The van der Waals surface area contributed by atoms with Crippen LogP contribution in [-0.4, -0.2) is 38.1 Å². The number of amides is 2. The number of anilines is 1. The molecule has 0 aliphatic carbocycles. The summed E-state index contributed by atoms with van der Waals surface area (Å²) in [6, 6.07) is 15.9. The van der Waals surface area contributed by atoms with Gasteiger partial charge in [-0.05, 0) is 30.2 Å². The monoisotopic (exact) mass is 435 g/mol. The van der Waals surface area contributed by atoms with Crippen molar-refractivity contribution in [3.63, 3.8) is 0 Å². The first-order chi connectivity index (χ1) is 15.5. The lowest BCUT2D eigenvalue weighted by Crippen LogP contribution is -2.18. The second kappa shape index (κ2) is 10.8. The van der Waals surface area contributed by atoms with E-state index in [1.165, 1.54) is 6.20 Å². The SMILES string of the molecule is CNC(=O)c1cc(Oc2ccc(CCC(=O)Nc3cc(OC)cc(OC)c3)cc2)ccn1. The van der Waals surface area contributed by atoms with Gasteiger partial charge < -0.3 is 24.8 Å². The number of hydrogen-bond acceptors (Lipinski definition) is 6. The molecule has 0 unspecified atom stereocenters. The first kappa shape index (κ1) is 22.6. The van der Waals surface area contributed by atoms with Crippen LogP contribution in [0.2, 0.25) is 0 Å². The molecule has 0 saturated heterocycles. The second-order valence-corrected chi connectivity index (χ2v) is 6.85. The molecule has 3 aromatic rings. The van der Waals surface area contributed by atoms with E-state index < -0.39 is 0 Å². The van der Waals surface area contributed by atoms with Gasteiger partial charge in [-0.2, -0.15) is 0 Å². The van der Waals surface area contributed by atoms with Crippen LogP contribution in [0.1, 0.15) is 22.5 Å². The number of carbonyl (C=O) groups excluding carboxylic acids is 2. The van der Waals surface area contributed by atoms with Gasteiger partial charge in [-0.3, -0.25) is 14.6 Å². The van der Waals surface area contributed by atoms with Crippen LogP contribution in [0.25, 0.3) is 0 Å². The number of carbonyl (C=O) groups is 2. The third-order valence-corrected chi connectivity index (χ3v) is 4.63. The van der Waals surface area contributed by atoms with E-state index in [0.717, 1.165) is 5.56 Å². The largest absolute Gasteiger partial charge is 0.497 e. The molecule has 3 rings (SSSR count). The predicted molar refractivity (Wildman–Crippen MR) is 121 cm³/mol. The van der Waals surface area contributed by atoms with Crippen molar-refractivity contribution < 1.29 is 23.8 Å². The molecule has 2 amide bonds. The van der Waals surface area contributed by atoms with Crippen LogP contribution < -0.4 is 24.8 Å². The minimum atomic E-state index is -0.281. The fourth-order valence-corrected chi connectivity index (χ4v) is 2.95. The van der Waals surface area contributed by atoms with Crippen molar-refractivity contribution in [3.8, 4) is 23.0 Å². The standard InChI is InChI=1S/C24H25N3O5/c1-25-24(29)22-15-19(10-11-26-22)32-18-7-4-16(5-8-18)6-9-23(28)27-17-12-20(30-2)14-21(13-17)31-3/h4-5,7-8,10-15H,6,9H2,1-3H3,(H,25,29)(H,27,28). The highest BCUT2D eigenvalue weighted by molar-refractivity contribution is 5.92. The third-order valence-electron chi connectivity index (χ3n) is 4.63. The summed E-state index contributed by atoms with van der Waals surface area (Å²) in [5.74, 6) is 1.95. The Hall–Kier alpha value is -4.07. The Morgan fingerprint density at radius 2 is 1.56 bits per heavy atom. The summed E-state index contributed by atoms with van der Waals surface area (Å²) in [4.78, 5) is 28.1. The van der Waals surface area contributed by atoms with Gasteiger partial charge in [0.1, 0.15) is 28.7 Å². The van der Waals surface area contributed by atoms with Crippen molar-refractivity contribution in [2.24, 2.45) is 0 Å². The summed E-state index contributed by atoms with van der Waals surface area (Å²) >= 11 is 0. The topological polar surface area (TPSA) is 98.8 Å². The van der Waals surface area contributed by atoms with E-state index in [4.69, 9.17) is 14.2 Å². The van der Waals surface area contributed by atoms with E-state index in [9.17, 15) is 9.59 Å². The van der Waals surface area contributed by atoms with Gasteiger partial charge in [-0.1, -0.05) is 12.1 Å². The molecule has 166 valence electrons. The normalized spacial score (nSPS) is 10.2. The van der Waals surface area contributed by atoms with Crippen LogP contribution in [0.15, 0.2) is 60.8 Å². The fraction of sp³-hybridized carbons (Fsp3) is 0.208. The Bertz CT molecular complexity index is 1060. The van der Waals surface area contributed by atoms with Gasteiger partial charge in [0.2, 0.25) is 5.91 Å². The molecule has 8 heteroatoms. The molecule has 1 heterocycles. The van der Waals surface area contributed by atoms with Gasteiger partial charge >= 0.3 is 0 Å². The lowest BCUT2D eigenvalue weighted by molar-refractivity contribution is -0.116. The Kier molecular flexibility index (Phi) is 7.64. The fourth-order valence-electron chi connectivity index (χ4n) is 2.95. The molecule has 0 saturated carbocycles. The van der Waals surface area contributed by atoms with Crippen LogP contribution in [0.5, 0.6) is 23.0 Å². The zero-order chi connectivity index (χ0) is 22.9. The average Bonchev–Trinajstić information content (AvgIpc) is 2.83. The number of nitrogens with zero attached hydrogens (tertiary/aromatic N) is 1. The third kappa shape index (κ3) is 6.21. The van der Waals surface area contributed by atoms with Gasteiger partial charge in [0.25, 0.3) is 5.91 Å². The van der Waals surface area contributed by atoms with Crippen molar-refractivity contribution in [2.75, 3.05) is 26.6 Å². The van der Waals surface area contributed by atoms with Crippen LogP contribution in [0.3, 0.4) is 0 Å². The first-order valence-electron chi connectivity index (χ1n) is 9.98. The van der Waals surface area contributed by atoms with Crippen molar-refractivity contribution in [1.82, 2.24) is 10.3 Å². The lowest BCUT2D eigenvalue weighted by Gasteiger charge is -2.10. The lowest BCUT2D eigenvalue weighted by atomic mass is 10.1. The molecule has 0 atom stereocenters. The number of benzene rings is 2. The van der Waals surface area contributed by atoms with Gasteiger partial charge in [0.05, 0.1) is 14.2 Å². The highest BCUT2D eigenvalue weighted by Gasteiger charge is 2.09. The summed E-state index contributed by atoms with van der Waals surface area (Å²) in [5, 5.41) is 5.39. The summed E-state index contributed by atoms with van der Waals surface area (Å²) in [5.41, 5.74) is 1.89. The molecular weight excluding hydrogens is 410 g/mol. The maximum Gasteiger partial charge on any atom is 0.269 e. The molecule has 0 bridgehead atoms. The molecule has 8 nitrogen and oxygen atoms in total. The highest BCUT2D eigenvalue weighted by atomic mass is 16.5. The van der Waals surface area contributed by atoms with Gasteiger partial charge in [-0.25, -0.2) is 0 Å². The number of nitrogens with one attached hydrogen (secondary N) is 2. The maximum atomic E-state index is 12.3. The molecule has 0 fully saturated rings. The van der Waals surface area contributed by atoms with Gasteiger partial charge in [-0.15, -0.1) is 0 Å². The predicted octanol–water partition coefficient (Wildman–Crippen LogP) is 3.82. The molecular formula is C24H25N3O5. The van der Waals surface area contributed by atoms with Gasteiger partial charge in [0.15, 0.2) is 0 Å². The molecule has 0 aliphatic rings. The van der Waals surface area contributed by atoms with Crippen LogP contribution in [0, 0.1) is 0 Å². The molecule has 1 aromatic heterocycles. The Balaban J connectivity index is 1.55. The van der Waals surface area contributed by atoms with E-state index >= 15 is 0 Å². The minimum Gasteiger partial charge on any atom is -0.497 e. The maximum absolute atomic E-state index is 12.3. The number of hydrogen-bond donors (Lipinski definition) is 2.